The predicted octanol–water partition coefficient (Wildman–Crippen LogP) is 2.69. The van der Waals surface area contributed by atoms with Crippen molar-refractivity contribution in [3.8, 4) is 0 Å². The van der Waals surface area contributed by atoms with Crippen LogP contribution in [0, 0.1) is 6.92 Å². The lowest BCUT2D eigenvalue weighted by atomic mass is 10.1. The number of thioether (sulfide) groups is 2. The maximum atomic E-state index is 4.60. The third-order valence-electron chi connectivity index (χ3n) is 2.28. The molecule has 14 heavy (non-hydrogen) atoms. The SMILES string of the molecule is CCSc1nc(C)c2c(n1)CCSC2. The lowest BCUT2D eigenvalue weighted by Crippen LogP contribution is -2.10. The fraction of sp³-hybridized carbons (Fsp3) is 0.600. The highest BCUT2D eigenvalue weighted by Gasteiger charge is 2.15. The number of hydrogen-bond donors (Lipinski definition) is 0. The Hall–Kier alpha value is -0.220. The highest BCUT2D eigenvalue weighted by atomic mass is 32.2. The average Bonchev–Trinajstić information content (AvgIpc) is 2.18. The first-order chi connectivity index (χ1) is 6.81. The third kappa shape index (κ3) is 2.06. The van der Waals surface area contributed by atoms with E-state index < -0.39 is 0 Å². The van der Waals surface area contributed by atoms with Gasteiger partial charge in [0.1, 0.15) is 0 Å². The van der Waals surface area contributed by atoms with Gasteiger partial charge in [0.15, 0.2) is 5.16 Å². The topological polar surface area (TPSA) is 25.8 Å². The summed E-state index contributed by atoms with van der Waals surface area (Å²) in [5.41, 5.74) is 3.84. The third-order valence-corrected chi connectivity index (χ3v) is 4.00. The lowest BCUT2D eigenvalue weighted by Gasteiger charge is -2.16. The Morgan fingerprint density at radius 2 is 2.29 bits per heavy atom. The molecule has 0 fully saturated rings. The van der Waals surface area contributed by atoms with Crippen LogP contribution in [0.1, 0.15) is 23.9 Å². The smallest absolute Gasteiger partial charge is 0.187 e. The first-order valence-corrected chi connectivity index (χ1v) is 7.02. The van der Waals surface area contributed by atoms with Crippen molar-refractivity contribution < 1.29 is 0 Å². The largest absolute Gasteiger partial charge is 0.228 e. The van der Waals surface area contributed by atoms with E-state index >= 15 is 0 Å². The summed E-state index contributed by atoms with van der Waals surface area (Å²) in [5.74, 6) is 3.35. The number of rotatable bonds is 2. The molecule has 4 heteroatoms. The van der Waals surface area contributed by atoms with Gasteiger partial charge in [0, 0.05) is 17.0 Å². The summed E-state index contributed by atoms with van der Waals surface area (Å²) >= 11 is 3.72. The van der Waals surface area contributed by atoms with Crippen molar-refractivity contribution in [3.05, 3.63) is 17.0 Å². The van der Waals surface area contributed by atoms with E-state index in [-0.39, 0.29) is 0 Å². The second-order valence-electron chi connectivity index (χ2n) is 3.25. The van der Waals surface area contributed by atoms with Gasteiger partial charge in [-0.25, -0.2) is 9.97 Å². The van der Waals surface area contributed by atoms with Crippen LogP contribution in [0.3, 0.4) is 0 Å². The molecule has 0 bridgehead atoms. The van der Waals surface area contributed by atoms with Crippen LogP contribution in [0.5, 0.6) is 0 Å². The van der Waals surface area contributed by atoms with Gasteiger partial charge < -0.3 is 0 Å². The Balaban J connectivity index is 2.36. The highest BCUT2D eigenvalue weighted by Crippen LogP contribution is 2.26. The first-order valence-electron chi connectivity index (χ1n) is 4.88. The molecule has 1 aromatic heterocycles. The summed E-state index contributed by atoms with van der Waals surface area (Å²) in [6.07, 6.45) is 1.11. The van der Waals surface area contributed by atoms with Crippen LogP contribution < -0.4 is 0 Å². The van der Waals surface area contributed by atoms with E-state index in [0.717, 1.165) is 23.1 Å². The Morgan fingerprint density at radius 3 is 3.07 bits per heavy atom. The summed E-state index contributed by atoms with van der Waals surface area (Å²) in [4.78, 5) is 9.12. The zero-order valence-electron chi connectivity index (χ0n) is 8.54. The van der Waals surface area contributed by atoms with Gasteiger partial charge in [0.05, 0.1) is 5.69 Å². The summed E-state index contributed by atoms with van der Waals surface area (Å²) in [7, 11) is 0. The van der Waals surface area contributed by atoms with Crippen molar-refractivity contribution in [1.29, 1.82) is 0 Å². The normalized spacial score (nSPS) is 15.3. The molecule has 1 aromatic rings. The van der Waals surface area contributed by atoms with Crippen molar-refractivity contribution in [2.24, 2.45) is 0 Å². The molecule has 0 aromatic carbocycles. The molecule has 0 aliphatic carbocycles. The molecule has 0 unspecified atom stereocenters. The second kappa shape index (κ2) is 4.53. The standard InChI is InChI=1S/C10H14N2S2/c1-3-14-10-11-7(2)8-6-13-5-4-9(8)12-10/h3-6H2,1-2H3. The van der Waals surface area contributed by atoms with Crippen LogP contribution in [0.15, 0.2) is 5.16 Å². The van der Waals surface area contributed by atoms with E-state index in [1.807, 2.05) is 11.8 Å². The Labute approximate surface area is 93.3 Å². The van der Waals surface area contributed by atoms with Gasteiger partial charge in [-0.3, -0.25) is 0 Å². The van der Waals surface area contributed by atoms with Gasteiger partial charge in [0.2, 0.25) is 0 Å². The van der Waals surface area contributed by atoms with E-state index in [1.54, 1.807) is 11.8 Å². The predicted molar refractivity (Wildman–Crippen MR) is 63.0 cm³/mol. The Morgan fingerprint density at radius 1 is 1.43 bits per heavy atom. The van der Waals surface area contributed by atoms with E-state index in [4.69, 9.17) is 0 Å². The van der Waals surface area contributed by atoms with Crippen LogP contribution >= 0.6 is 23.5 Å². The summed E-state index contributed by atoms with van der Waals surface area (Å²) < 4.78 is 0. The monoisotopic (exact) mass is 226 g/mol. The minimum atomic E-state index is 0.954. The summed E-state index contributed by atoms with van der Waals surface area (Å²) in [6, 6.07) is 0. The van der Waals surface area contributed by atoms with Crippen molar-refractivity contribution in [2.75, 3.05) is 11.5 Å². The van der Waals surface area contributed by atoms with Crippen molar-refractivity contribution in [2.45, 2.75) is 31.2 Å². The highest BCUT2D eigenvalue weighted by molar-refractivity contribution is 7.99. The Bertz CT molecular complexity index is 339. The van der Waals surface area contributed by atoms with Gasteiger partial charge in [-0.05, 0) is 24.9 Å². The van der Waals surface area contributed by atoms with Crippen molar-refractivity contribution in [1.82, 2.24) is 9.97 Å². The molecule has 2 nitrogen and oxygen atoms in total. The summed E-state index contributed by atoms with van der Waals surface area (Å²) in [5, 5.41) is 0.954. The van der Waals surface area contributed by atoms with Gasteiger partial charge in [-0.15, -0.1) is 0 Å². The molecule has 0 atom stereocenters. The van der Waals surface area contributed by atoms with E-state index in [2.05, 4.69) is 23.8 Å². The van der Waals surface area contributed by atoms with Crippen LogP contribution in [-0.4, -0.2) is 21.5 Å². The Kier molecular flexibility index (Phi) is 3.34. The molecule has 1 aliphatic heterocycles. The molecular formula is C10H14N2S2. The van der Waals surface area contributed by atoms with Crippen molar-refractivity contribution >= 4 is 23.5 Å². The number of aromatic nitrogens is 2. The molecule has 1 aliphatic rings. The molecule has 0 N–H and O–H groups in total. The minimum Gasteiger partial charge on any atom is -0.228 e. The molecule has 0 radical (unpaired) electrons. The maximum absolute atomic E-state index is 4.60. The fourth-order valence-corrected chi connectivity index (χ4v) is 3.26. The van der Waals surface area contributed by atoms with Gasteiger partial charge in [-0.1, -0.05) is 18.7 Å². The fourth-order valence-electron chi connectivity index (χ4n) is 1.56. The second-order valence-corrected chi connectivity index (χ2v) is 5.59. The molecule has 0 amide bonds. The zero-order valence-corrected chi connectivity index (χ0v) is 10.2. The average molecular weight is 226 g/mol. The van der Waals surface area contributed by atoms with E-state index in [0.29, 0.717) is 0 Å². The van der Waals surface area contributed by atoms with E-state index in [9.17, 15) is 0 Å². The van der Waals surface area contributed by atoms with Crippen LogP contribution in [0.25, 0.3) is 0 Å². The summed E-state index contributed by atoms with van der Waals surface area (Å²) in [6.45, 7) is 4.24. The van der Waals surface area contributed by atoms with Gasteiger partial charge in [-0.2, -0.15) is 11.8 Å². The first kappa shape index (κ1) is 10.3. The number of nitrogens with zero attached hydrogens (tertiary/aromatic N) is 2. The lowest BCUT2D eigenvalue weighted by molar-refractivity contribution is 0.837. The van der Waals surface area contributed by atoms with Gasteiger partial charge in [0.25, 0.3) is 0 Å². The molecule has 2 heterocycles. The molecular weight excluding hydrogens is 212 g/mol. The van der Waals surface area contributed by atoms with Gasteiger partial charge >= 0.3 is 0 Å². The molecule has 0 saturated carbocycles. The number of fused-ring (bicyclic) bond motifs is 1. The van der Waals surface area contributed by atoms with Crippen molar-refractivity contribution in [3.63, 3.8) is 0 Å². The minimum absolute atomic E-state index is 0.954. The van der Waals surface area contributed by atoms with E-state index in [1.165, 1.54) is 22.7 Å². The van der Waals surface area contributed by atoms with Crippen LogP contribution in [0.2, 0.25) is 0 Å². The number of aryl methyl sites for hydroxylation is 2. The van der Waals surface area contributed by atoms with Crippen LogP contribution in [-0.2, 0) is 12.2 Å². The quantitative estimate of drug-likeness (QED) is 0.572. The molecule has 0 spiro atoms. The zero-order chi connectivity index (χ0) is 9.97. The maximum Gasteiger partial charge on any atom is 0.187 e. The molecule has 0 saturated heterocycles. The molecule has 76 valence electrons. The molecule has 2 rings (SSSR count). The number of hydrogen-bond acceptors (Lipinski definition) is 4. The van der Waals surface area contributed by atoms with Crippen LogP contribution in [0.4, 0.5) is 0 Å².